The van der Waals surface area contributed by atoms with Gasteiger partial charge in [-0.25, -0.2) is 0 Å². The van der Waals surface area contributed by atoms with Crippen molar-refractivity contribution in [3.05, 3.63) is 35.9 Å². The van der Waals surface area contributed by atoms with Crippen molar-refractivity contribution in [3.8, 4) is 0 Å². The van der Waals surface area contributed by atoms with Crippen LogP contribution in [0, 0.1) is 0 Å². The van der Waals surface area contributed by atoms with Crippen LogP contribution in [0.25, 0.3) is 0 Å². The van der Waals surface area contributed by atoms with E-state index in [2.05, 4.69) is 12.1 Å². The van der Waals surface area contributed by atoms with E-state index in [1.54, 1.807) is 4.83 Å². The van der Waals surface area contributed by atoms with Crippen molar-refractivity contribution in [2.75, 3.05) is 0 Å². The molecule has 0 aliphatic heterocycles. The van der Waals surface area contributed by atoms with Crippen LogP contribution in [0.1, 0.15) is 5.56 Å². The summed E-state index contributed by atoms with van der Waals surface area (Å²) in [6, 6.07) is 10.3. The van der Waals surface area contributed by atoms with E-state index in [0.29, 0.717) is 0 Å². The lowest BCUT2D eigenvalue weighted by molar-refractivity contribution is 1.43. The summed E-state index contributed by atoms with van der Waals surface area (Å²) in [6.45, 7) is 0. The van der Waals surface area contributed by atoms with Crippen LogP contribution in [-0.4, -0.2) is 4.83 Å². The predicted molar refractivity (Wildman–Crippen MR) is 51.0 cm³/mol. The summed E-state index contributed by atoms with van der Waals surface area (Å²) >= 11 is 6.58. The first-order valence-electron chi connectivity index (χ1n) is 3.06. The smallest absolute Gasteiger partial charge is 0.0253 e. The normalized spacial score (nSPS) is 11.3. The molecule has 0 bridgehead atoms. The van der Waals surface area contributed by atoms with Crippen LogP contribution >= 0.6 is 23.0 Å². The van der Waals surface area contributed by atoms with Crippen LogP contribution in [0.2, 0.25) is 0 Å². The van der Waals surface area contributed by atoms with Gasteiger partial charge in [-0.05, 0) is 5.56 Å². The zero-order chi connectivity index (χ0) is 7.23. The molecule has 1 aromatic carbocycles. The Morgan fingerprint density at radius 3 is 2.60 bits per heavy atom. The standard InChI is InChI=1S/C8H9ClS/c9-7-10-6-8-4-2-1-3-5-8/h1-5,7,10H,6H2. The summed E-state index contributed by atoms with van der Waals surface area (Å²) in [6.07, 6.45) is 0. The summed E-state index contributed by atoms with van der Waals surface area (Å²) in [4.78, 5) is 1.65. The second-order valence-corrected chi connectivity index (χ2v) is 3.39. The van der Waals surface area contributed by atoms with Gasteiger partial charge in [0, 0.05) is 10.6 Å². The summed E-state index contributed by atoms with van der Waals surface area (Å²) in [7, 11) is 0. The lowest BCUT2D eigenvalue weighted by Gasteiger charge is -1.92. The summed E-state index contributed by atoms with van der Waals surface area (Å²) in [5, 5.41) is 0. The Morgan fingerprint density at radius 1 is 1.30 bits per heavy atom. The molecule has 0 saturated heterocycles. The fourth-order valence-corrected chi connectivity index (χ4v) is 1.42. The second kappa shape index (κ2) is 4.53. The minimum absolute atomic E-state index is 1.02. The maximum atomic E-state index is 5.41. The monoisotopic (exact) mass is 172 g/mol. The quantitative estimate of drug-likeness (QED) is 0.396. The molecule has 1 rings (SSSR count). The SMILES string of the molecule is ClC=[SH]Cc1ccccc1. The van der Waals surface area contributed by atoms with Crippen molar-refractivity contribution in [2.24, 2.45) is 0 Å². The highest BCUT2D eigenvalue weighted by atomic mass is 35.5. The molecule has 0 saturated carbocycles. The third kappa shape index (κ3) is 2.54. The molecule has 0 radical (unpaired) electrons. The van der Waals surface area contributed by atoms with Gasteiger partial charge < -0.3 is 0 Å². The van der Waals surface area contributed by atoms with Crippen LogP contribution in [0.15, 0.2) is 30.3 Å². The molecule has 0 heterocycles. The average molecular weight is 173 g/mol. The number of benzene rings is 1. The van der Waals surface area contributed by atoms with Crippen molar-refractivity contribution < 1.29 is 0 Å². The molecule has 0 amide bonds. The molecule has 0 unspecified atom stereocenters. The second-order valence-electron chi connectivity index (χ2n) is 1.92. The Balaban J connectivity index is 2.59. The third-order valence-electron chi connectivity index (χ3n) is 1.19. The highest BCUT2D eigenvalue weighted by Crippen LogP contribution is 2.04. The number of thiol groups is 1. The average Bonchev–Trinajstić information content (AvgIpc) is 2.03. The summed E-state index contributed by atoms with van der Waals surface area (Å²) < 4.78 is 0. The minimum atomic E-state index is 1.02. The fourth-order valence-electron chi connectivity index (χ4n) is 0.723. The van der Waals surface area contributed by atoms with E-state index >= 15 is 0 Å². The van der Waals surface area contributed by atoms with E-state index in [0.717, 1.165) is 5.75 Å². The molecular weight excluding hydrogens is 164 g/mol. The van der Waals surface area contributed by atoms with Gasteiger partial charge in [0.25, 0.3) is 0 Å². The molecule has 0 fully saturated rings. The highest BCUT2D eigenvalue weighted by molar-refractivity contribution is 7.98. The van der Waals surface area contributed by atoms with Crippen molar-refractivity contribution in [2.45, 2.75) is 5.75 Å². The molecule has 2 heteroatoms. The molecule has 1 aromatic rings. The van der Waals surface area contributed by atoms with Gasteiger partial charge in [0.05, 0.1) is 0 Å². The highest BCUT2D eigenvalue weighted by Gasteiger charge is 1.83. The molecule has 0 spiro atoms. The Kier molecular flexibility index (Phi) is 3.55. The van der Waals surface area contributed by atoms with Crippen LogP contribution in [0.3, 0.4) is 0 Å². The van der Waals surface area contributed by atoms with Crippen LogP contribution in [-0.2, 0) is 5.75 Å². The minimum Gasteiger partial charge on any atom is -0.185 e. The maximum Gasteiger partial charge on any atom is 0.0253 e. The molecule has 0 N–H and O–H groups in total. The van der Waals surface area contributed by atoms with Gasteiger partial charge in [0.1, 0.15) is 0 Å². The van der Waals surface area contributed by atoms with E-state index in [9.17, 15) is 0 Å². The first-order chi connectivity index (χ1) is 4.93. The van der Waals surface area contributed by atoms with Crippen LogP contribution in [0.5, 0.6) is 0 Å². The summed E-state index contributed by atoms with van der Waals surface area (Å²) in [5.41, 5.74) is 1.33. The molecule has 10 heavy (non-hydrogen) atoms. The number of halogens is 1. The summed E-state index contributed by atoms with van der Waals surface area (Å²) in [5.74, 6) is 1.02. The number of hydrogen-bond acceptors (Lipinski definition) is 0. The van der Waals surface area contributed by atoms with E-state index in [1.807, 2.05) is 18.2 Å². The predicted octanol–water partition coefficient (Wildman–Crippen LogP) is 2.65. The van der Waals surface area contributed by atoms with Crippen molar-refractivity contribution in [3.63, 3.8) is 0 Å². The first-order valence-corrected chi connectivity index (χ1v) is 4.64. The van der Waals surface area contributed by atoms with Gasteiger partial charge in [0.2, 0.25) is 0 Å². The zero-order valence-electron chi connectivity index (χ0n) is 5.50. The molecule has 0 atom stereocenters. The number of hydrogen-bond donors (Lipinski definition) is 1. The van der Waals surface area contributed by atoms with Gasteiger partial charge in [-0.2, -0.15) is 11.4 Å². The molecule has 0 aromatic heterocycles. The molecule has 54 valence electrons. The van der Waals surface area contributed by atoms with Crippen LogP contribution in [0.4, 0.5) is 0 Å². The lowest BCUT2D eigenvalue weighted by atomic mass is 10.2. The molecular formula is C8H9ClS. The first kappa shape index (κ1) is 7.83. The van der Waals surface area contributed by atoms with Crippen molar-refractivity contribution >= 4 is 27.8 Å². The van der Waals surface area contributed by atoms with Gasteiger partial charge in [-0.15, -0.1) is 0 Å². The number of rotatable bonds is 2. The Bertz CT molecular complexity index is 206. The van der Waals surface area contributed by atoms with Crippen LogP contribution < -0.4 is 0 Å². The molecule has 0 aliphatic rings. The third-order valence-corrected chi connectivity index (χ3v) is 2.29. The Morgan fingerprint density at radius 2 is 2.00 bits per heavy atom. The van der Waals surface area contributed by atoms with E-state index in [4.69, 9.17) is 11.6 Å². The Labute approximate surface area is 69.8 Å². The van der Waals surface area contributed by atoms with Crippen molar-refractivity contribution in [1.82, 2.24) is 0 Å². The van der Waals surface area contributed by atoms with E-state index in [-0.39, 0.29) is 0 Å². The maximum absolute atomic E-state index is 5.41. The van der Waals surface area contributed by atoms with Gasteiger partial charge >= 0.3 is 0 Å². The molecule has 0 aliphatic carbocycles. The van der Waals surface area contributed by atoms with E-state index in [1.165, 1.54) is 16.9 Å². The van der Waals surface area contributed by atoms with Gasteiger partial charge in [-0.3, -0.25) is 0 Å². The van der Waals surface area contributed by atoms with Gasteiger partial charge in [-0.1, -0.05) is 41.9 Å². The largest absolute Gasteiger partial charge is 0.185 e. The molecule has 0 nitrogen and oxygen atoms in total. The fraction of sp³-hybridized carbons (Fsp3) is 0.125. The van der Waals surface area contributed by atoms with Crippen molar-refractivity contribution in [1.29, 1.82) is 0 Å². The lowest BCUT2D eigenvalue weighted by Crippen LogP contribution is -1.73. The zero-order valence-corrected chi connectivity index (χ0v) is 7.15. The van der Waals surface area contributed by atoms with E-state index < -0.39 is 0 Å². The topological polar surface area (TPSA) is 0 Å². The van der Waals surface area contributed by atoms with Gasteiger partial charge in [0.15, 0.2) is 0 Å². The Hall–Kier alpha value is -0.270.